The molecule has 0 atom stereocenters. The van der Waals surface area contributed by atoms with Crippen LogP contribution in [-0.2, 0) is 0 Å². The van der Waals surface area contributed by atoms with Gasteiger partial charge in [0.25, 0.3) is 11.8 Å². The van der Waals surface area contributed by atoms with Gasteiger partial charge >= 0.3 is 0 Å². The van der Waals surface area contributed by atoms with E-state index in [4.69, 9.17) is 11.5 Å². The maximum atomic E-state index is 11.3. The van der Waals surface area contributed by atoms with E-state index in [1.54, 1.807) is 0 Å². The molecule has 7 heteroatoms. The molecule has 5 nitrogen and oxygen atoms in total. The minimum atomic E-state index is -0.656. The molecule has 0 saturated carbocycles. The van der Waals surface area contributed by atoms with E-state index in [1.807, 2.05) is 0 Å². The zero-order valence-electron chi connectivity index (χ0n) is 9.56. The number of nitrogens with two attached hydrogens (primary N) is 2. The van der Waals surface area contributed by atoms with Crippen LogP contribution in [0.2, 0.25) is 0 Å². The summed E-state index contributed by atoms with van der Waals surface area (Å²) in [5.41, 5.74) is 10.6. The Bertz CT molecular complexity index is 418. The van der Waals surface area contributed by atoms with Gasteiger partial charge in [0.1, 0.15) is 9.90 Å². The summed E-state index contributed by atoms with van der Waals surface area (Å²) in [7, 11) is 0. The van der Waals surface area contributed by atoms with E-state index in [0.29, 0.717) is 5.03 Å². The van der Waals surface area contributed by atoms with E-state index in [-0.39, 0.29) is 10.4 Å². The van der Waals surface area contributed by atoms with Crippen molar-refractivity contribution in [2.45, 2.75) is 31.2 Å². The lowest BCUT2D eigenvalue weighted by molar-refractivity contribution is 0.0968. The predicted octanol–water partition coefficient (Wildman–Crippen LogP) is 1.62. The molecule has 0 unspecified atom stereocenters. The minimum Gasteiger partial charge on any atom is -0.365 e. The quantitative estimate of drug-likeness (QED) is 0.582. The molecule has 0 aliphatic rings. The lowest BCUT2D eigenvalue weighted by Gasteiger charge is -2.00. The Hall–Kier alpha value is -1.08. The molecule has 2 amide bonds. The molecule has 0 radical (unpaired) electrons. The third-order valence-electron chi connectivity index (χ3n) is 2.12. The number of amides is 2. The van der Waals surface area contributed by atoms with Crippen LogP contribution in [0.4, 0.5) is 0 Å². The maximum Gasteiger partial charge on any atom is 0.261 e. The summed E-state index contributed by atoms with van der Waals surface area (Å²) in [4.78, 5) is 22.5. The Labute approximate surface area is 108 Å². The molecule has 0 spiro atoms. The number of rotatable bonds is 7. The average molecular weight is 273 g/mol. The lowest BCUT2D eigenvalue weighted by Crippen LogP contribution is -2.18. The number of hydrogen-bond donors (Lipinski definition) is 2. The van der Waals surface area contributed by atoms with Crippen LogP contribution in [0.15, 0.2) is 5.03 Å². The van der Waals surface area contributed by atoms with Crippen LogP contribution in [0.5, 0.6) is 0 Å². The zero-order valence-corrected chi connectivity index (χ0v) is 11.2. The van der Waals surface area contributed by atoms with Gasteiger partial charge in [0.15, 0.2) is 0 Å². The molecule has 4 N–H and O–H groups in total. The molecule has 17 heavy (non-hydrogen) atoms. The highest BCUT2D eigenvalue weighted by Crippen LogP contribution is 2.28. The first-order chi connectivity index (χ1) is 8.07. The highest BCUT2D eigenvalue weighted by molar-refractivity contribution is 7.99. The van der Waals surface area contributed by atoms with Gasteiger partial charge in [-0.1, -0.05) is 19.8 Å². The topological polar surface area (TPSA) is 99.1 Å². The monoisotopic (exact) mass is 273 g/mol. The molecular weight excluding hydrogens is 258 g/mol. The van der Waals surface area contributed by atoms with Gasteiger partial charge in [-0.2, -0.15) is 4.37 Å². The highest BCUT2D eigenvalue weighted by Gasteiger charge is 2.22. The van der Waals surface area contributed by atoms with Crippen molar-refractivity contribution in [2.24, 2.45) is 11.5 Å². The van der Waals surface area contributed by atoms with E-state index in [1.165, 1.54) is 11.8 Å². The molecule has 1 rings (SSSR count). The number of nitrogens with zero attached hydrogens (tertiary/aromatic N) is 1. The van der Waals surface area contributed by atoms with Crippen LogP contribution in [0.25, 0.3) is 0 Å². The molecule has 1 aromatic rings. The molecule has 1 aromatic heterocycles. The molecular formula is C10H15N3O2S2. The van der Waals surface area contributed by atoms with Crippen LogP contribution < -0.4 is 11.5 Å². The molecule has 0 aromatic carbocycles. The summed E-state index contributed by atoms with van der Waals surface area (Å²) < 4.78 is 4.06. The van der Waals surface area contributed by atoms with Crippen molar-refractivity contribution in [1.82, 2.24) is 4.37 Å². The van der Waals surface area contributed by atoms with Crippen LogP contribution >= 0.6 is 23.3 Å². The summed E-state index contributed by atoms with van der Waals surface area (Å²) in [6.07, 6.45) is 3.31. The summed E-state index contributed by atoms with van der Waals surface area (Å²) in [5, 5.41) is 0.521. The normalized spacial score (nSPS) is 10.4. The molecule has 0 saturated heterocycles. The van der Waals surface area contributed by atoms with Gasteiger partial charge in [0, 0.05) is 0 Å². The van der Waals surface area contributed by atoms with E-state index >= 15 is 0 Å². The second-order valence-electron chi connectivity index (χ2n) is 3.48. The lowest BCUT2D eigenvalue weighted by atomic mass is 10.2. The Morgan fingerprint density at radius 2 is 2.00 bits per heavy atom. The van der Waals surface area contributed by atoms with Crippen LogP contribution in [0.3, 0.4) is 0 Å². The van der Waals surface area contributed by atoms with E-state index in [2.05, 4.69) is 11.3 Å². The number of primary amides is 2. The third kappa shape index (κ3) is 3.71. The number of carbonyl (C=O) groups excluding carboxylic acids is 2. The van der Waals surface area contributed by atoms with E-state index in [9.17, 15) is 9.59 Å². The predicted molar refractivity (Wildman–Crippen MR) is 69.4 cm³/mol. The van der Waals surface area contributed by atoms with Crippen molar-refractivity contribution in [3.63, 3.8) is 0 Å². The first-order valence-electron chi connectivity index (χ1n) is 5.30. The Balaban J connectivity index is 2.78. The smallest absolute Gasteiger partial charge is 0.261 e. The van der Waals surface area contributed by atoms with Crippen molar-refractivity contribution >= 4 is 35.1 Å². The van der Waals surface area contributed by atoms with Gasteiger partial charge in [-0.05, 0) is 23.7 Å². The minimum absolute atomic E-state index is 0.149. The van der Waals surface area contributed by atoms with Crippen LogP contribution in [0, 0.1) is 0 Å². The summed E-state index contributed by atoms with van der Waals surface area (Å²) in [5.74, 6) is -0.446. The van der Waals surface area contributed by atoms with Gasteiger partial charge in [0.05, 0.1) is 5.56 Å². The van der Waals surface area contributed by atoms with E-state index < -0.39 is 11.8 Å². The Morgan fingerprint density at radius 3 is 2.53 bits per heavy atom. The molecule has 94 valence electrons. The van der Waals surface area contributed by atoms with Crippen LogP contribution in [0.1, 0.15) is 46.2 Å². The first kappa shape index (κ1) is 14.0. The summed E-state index contributed by atoms with van der Waals surface area (Å²) in [6, 6.07) is 0. The van der Waals surface area contributed by atoms with Crippen molar-refractivity contribution in [3.8, 4) is 0 Å². The van der Waals surface area contributed by atoms with Crippen LogP contribution in [-0.4, -0.2) is 21.9 Å². The fourth-order valence-electron chi connectivity index (χ4n) is 1.28. The number of carbonyl (C=O) groups is 2. The third-order valence-corrected chi connectivity index (χ3v) is 4.16. The Kier molecular flexibility index (Phi) is 5.43. The summed E-state index contributed by atoms with van der Waals surface area (Å²) >= 11 is 2.37. The van der Waals surface area contributed by atoms with Gasteiger partial charge < -0.3 is 11.5 Å². The Morgan fingerprint density at radius 1 is 1.29 bits per heavy atom. The van der Waals surface area contributed by atoms with Crippen molar-refractivity contribution in [1.29, 1.82) is 0 Å². The number of aromatic nitrogens is 1. The molecule has 0 aliphatic carbocycles. The standard InChI is InChI=1S/C10H15N3O2S2/c1-2-3-4-5-16-10-6(8(11)14)7(9(12)15)17-13-10/h2-5H2,1H3,(H2,11,14)(H2,12,15). The fraction of sp³-hybridized carbons (Fsp3) is 0.500. The molecule has 0 bridgehead atoms. The number of thioether (sulfide) groups is 1. The fourth-order valence-corrected chi connectivity index (χ4v) is 3.20. The highest BCUT2D eigenvalue weighted by atomic mass is 32.2. The molecule has 1 heterocycles. The van der Waals surface area contributed by atoms with E-state index in [0.717, 1.165) is 36.5 Å². The maximum absolute atomic E-state index is 11.3. The molecule has 0 fully saturated rings. The van der Waals surface area contributed by atoms with Crippen molar-refractivity contribution in [3.05, 3.63) is 10.4 Å². The molecule has 0 aliphatic heterocycles. The second-order valence-corrected chi connectivity index (χ2v) is 5.33. The van der Waals surface area contributed by atoms with Gasteiger partial charge in [-0.25, -0.2) is 0 Å². The largest absolute Gasteiger partial charge is 0.365 e. The SMILES string of the molecule is CCCCCSc1nsc(C(N)=O)c1C(N)=O. The van der Waals surface area contributed by atoms with Gasteiger partial charge in [-0.3, -0.25) is 9.59 Å². The summed E-state index contributed by atoms with van der Waals surface area (Å²) in [6.45, 7) is 2.12. The van der Waals surface area contributed by atoms with Crippen molar-refractivity contribution < 1.29 is 9.59 Å². The van der Waals surface area contributed by atoms with Gasteiger partial charge in [0.2, 0.25) is 0 Å². The van der Waals surface area contributed by atoms with Gasteiger partial charge in [-0.15, -0.1) is 11.8 Å². The zero-order chi connectivity index (χ0) is 12.8. The average Bonchev–Trinajstić information content (AvgIpc) is 2.68. The number of hydrogen-bond acceptors (Lipinski definition) is 5. The second kappa shape index (κ2) is 6.61. The number of unbranched alkanes of at least 4 members (excludes halogenated alkanes) is 2. The first-order valence-corrected chi connectivity index (χ1v) is 7.05. The van der Waals surface area contributed by atoms with Crippen molar-refractivity contribution in [2.75, 3.05) is 5.75 Å².